The van der Waals surface area contributed by atoms with Crippen LogP contribution in [0, 0.1) is 0 Å². The summed E-state index contributed by atoms with van der Waals surface area (Å²) in [5.41, 5.74) is 6.32. The maximum atomic E-state index is 12.0. The number of nitrogen functional groups attached to an aromatic ring is 1. The van der Waals surface area contributed by atoms with Gasteiger partial charge < -0.3 is 15.4 Å². The van der Waals surface area contributed by atoms with Crippen molar-refractivity contribution >= 4 is 11.6 Å². The predicted molar refractivity (Wildman–Crippen MR) is 71.4 cm³/mol. The predicted octanol–water partition coefficient (Wildman–Crippen LogP) is 2.05. The maximum Gasteiger partial charge on any atom is 0.260 e. The third kappa shape index (κ3) is 2.94. The van der Waals surface area contributed by atoms with Gasteiger partial charge in [-0.2, -0.15) is 0 Å². The number of amides is 1. The standard InChI is InChI=1S/C14H20N2O2/c1-16(11-6-2-3-7-11)14(17)10-18-13-9-5-4-8-12(13)15/h4-5,8-9,11H,2-3,6-7,10,15H2,1H3. The summed E-state index contributed by atoms with van der Waals surface area (Å²) in [6.07, 6.45) is 4.65. The van der Waals surface area contributed by atoms with E-state index in [-0.39, 0.29) is 12.5 Å². The number of rotatable bonds is 4. The summed E-state index contributed by atoms with van der Waals surface area (Å²) in [7, 11) is 1.86. The summed E-state index contributed by atoms with van der Waals surface area (Å²) in [5, 5.41) is 0. The lowest BCUT2D eigenvalue weighted by atomic mass is 10.2. The minimum absolute atomic E-state index is 0.0187. The van der Waals surface area contributed by atoms with Crippen LogP contribution >= 0.6 is 0 Å². The Morgan fingerprint density at radius 3 is 2.72 bits per heavy atom. The first-order valence-corrected chi connectivity index (χ1v) is 6.41. The summed E-state index contributed by atoms with van der Waals surface area (Å²) in [5.74, 6) is 0.593. The number of anilines is 1. The van der Waals surface area contributed by atoms with E-state index in [4.69, 9.17) is 10.5 Å². The molecule has 0 aromatic heterocycles. The molecule has 0 bridgehead atoms. The average Bonchev–Trinajstić information content (AvgIpc) is 2.90. The van der Waals surface area contributed by atoms with Crippen LogP contribution in [0.1, 0.15) is 25.7 Å². The SMILES string of the molecule is CN(C(=O)COc1ccccc1N)C1CCCC1. The highest BCUT2D eigenvalue weighted by Gasteiger charge is 2.23. The fourth-order valence-corrected chi connectivity index (χ4v) is 2.35. The summed E-state index contributed by atoms with van der Waals surface area (Å²) in [6, 6.07) is 7.61. The Morgan fingerprint density at radius 1 is 1.39 bits per heavy atom. The molecule has 4 nitrogen and oxygen atoms in total. The monoisotopic (exact) mass is 248 g/mol. The summed E-state index contributed by atoms with van der Waals surface area (Å²) < 4.78 is 5.46. The Balaban J connectivity index is 1.86. The summed E-state index contributed by atoms with van der Waals surface area (Å²) in [6.45, 7) is 0.0568. The Kier molecular flexibility index (Phi) is 4.07. The first-order valence-electron chi connectivity index (χ1n) is 6.41. The normalized spacial score (nSPS) is 15.6. The number of likely N-dealkylation sites (N-methyl/N-ethyl adjacent to an activating group) is 1. The Hall–Kier alpha value is -1.71. The molecule has 0 radical (unpaired) electrons. The fourth-order valence-electron chi connectivity index (χ4n) is 2.35. The van der Waals surface area contributed by atoms with E-state index in [0.29, 0.717) is 17.5 Å². The van der Waals surface area contributed by atoms with E-state index in [1.165, 1.54) is 12.8 Å². The second-order valence-electron chi connectivity index (χ2n) is 4.77. The first-order chi connectivity index (χ1) is 8.68. The summed E-state index contributed by atoms with van der Waals surface area (Å²) >= 11 is 0. The molecule has 0 saturated heterocycles. The van der Waals surface area contributed by atoms with Crippen molar-refractivity contribution in [2.24, 2.45) is 0 Å². The smallest absolute Gasteiger partial charge is 0.260 e. The Morgan fingerprint density at radius 2 is 2.06 bits per heavy atom. The average molecular weight is 248 g/mol. The van der Waals surface area contributed by atoms with Gasteiger partial charge in [0, 0.05) is 13.1 Å². The minimum Gasteiger partial charge on any atom is -0.482 e. The Bertz CT molecular complexity index is 414. The first kappa shape index (κ1) is 12.7. The molecule has 4 heteroatoms. The molecule has 1 aliphatic rings. The minimum atomic E-state index is 0.0187. The number of ether oxygens (including phenoxy) is 1. The van der Waals surface area contributed by atoms with Crippen molar-refractivity contribution in [3.8, 4) is 5.75 Å². The molecule has 1 saturated carbocycles. The van der Waals surface area contributed by atoms with Crippen molar-refractivity contribution in [1.29, 1.82) is 0 Å². The quantitative estimate of drug-likeness (QED) is 0.830. The van der Waals surface area contributed by atoms with E-state index >= 15 is 0 Å². The van der Waals surface area contributed by atoms with E-state index in [1.807, 2.05) is 24.1 Å². The molecule has 0 heterocycles. The van der Waals surface area contributed by atoms with E-state index in [0.717, 1.165) is 12.8 Å². The largest absolute Gasteiger partial charge is 0.482 e. The molecule has 1 amide bonds. The van der Waals surface area contributed by atoms with Gasteiger partial charge in [-0.05, 0) is 25.0 Å². The van der Waals surface area contributed by atoms with E-state index < -0.39 is 0 Å². The molecule has 1 fully saturated rings. The molecule has 0 atom stereocenters. The topological polar surface area (TPSA) is 55.6 Å². The number of hydrogen-bond donors (Lipinski definition) is 1. The molecule has 2 rings (SSSR count). The molecule has 18 heavy (non-hydrogen) atoms. The number of hydrogen-bond acceptors (Lipinski definition) is 3. The van der Waals surface area contributed by atoms with Gasteiger partial charge in [-0.15, -0.1) is 0 Å². The van der Waals surface area contributed by atoms with Gasteiger partial charge in [0.05, 0.1) is 5.69 Å². The van der Waals surface area contributed by atoms with Gasteiger partial charge >= 0.3 is 0 Å². The van der Waals surface area contributed by atoms with Crippen LogP contribution in [-0.4, -0.2) is 30.5 Å². The zero-order chi connectivity index (χ0) is 13.0. The number of nitrogens with zero attached hydrogens (tertiary/aromatic N) is 1. The number of carbonyl (C=O) groups excluding carboxylic acids is 1. The molecule has 98 valence electrons. The number of para-hydroxylation sites is 2. The maximum absolute atomic E-state index is 12.0. The number of nitrogens with two attached hydrogens (primary N) is 1. The third-order valence-electron chi connectivity index (χ3n) is 3.54. The van der Waals surface area contributed by atoms with Gasteiger partial charge in [-0.25, -0.2) is 0 Å². The van der Waals surface area contributed by atoms with E-state index in [1.54, 1.807) is 12.1 Å². The zero-order valence-corrected chi connectivity index (χ0v) is 10.8. The number of carbonyl (C=O) groups is 1. The van der Waals surface area contributed by atoms with E-state index in [2.05, 4.69) is 0 Å². The van der Waals surface area contributed by atoms with Crippen molar-refractivity contribution < 1.29 is 9.53 Å². The lowest BCUT2D eigenvalue weighted by Gasteiger charge is -2.24. The van der Waals surface area contributed by atoms with Crippen molar-refractivity contribution in [3.63, 3.8) is 0 Å². The van der Waals surface area contributed by atoms with Crippen LogP contribution in [0.5, 0.6) is 5.75 Å². The van der Waals surface area contributed by atoms with Gasteiger partial charge in [-0.1, -0.05) is 25.0 Å². The van der Waals surface area contributed by atoms with Gasteiger partial charge in [-0.3, -0.25) is 4.79 Å². The fraction of sp³-hybridized carbons (Fsp3) is 0.500. The van der Waals surface area contributed by atoms with Crippen molar-refractivity contribution in [3.05, 3.63) is 24.3 Å². The molecule has 0 spiro atoms. The van der Waals surface area contributed by atoms with Crippen LogP contribution in [0.2, 0.25) is 0 Å². The van der Waals surface area contributed by atoms with E-state index in [9.17, 15) is 4.79 Å². The zero-order valence-electron chi connectivity index (χ0n) is 10.8. The molecule has 1 aromatic rings. The van der Waals surface area contributed by atoms with Gasteiger partial charge in [0.2, 0.25) is 0 Å². The van der Waals surface area contributed by atoms with Crippen molar-refractivity contribution in [2.75, 3.05) is 19.4 Å². The molecule has 2 N–H and O–H groups in total. The highest BCUT2D eigenvalue weighted by molar-refractivity contribution is 5.78. The molecule has 0 aliphatic heterocycles. The van der Waals surface area contributed by atoms with Crippen molar-refractivity contribution in [2.45, 2.75) is 31.7 Å². The lowest BCUT2D eigenvalue weighted by Crippen LogP contribution is -2.38. The van der Waals surface area contributed by atoms with Crippen LogP contribution in [0.4, 0.5) is 5.69 Å². The number of benzene rings is 1. The molecular weight excluding hydrogens is 228 g/mol. The third-order valence-corrected chi connectivity index (χ3v) is 3.54. The molecular formula is C14H20N2O2. The Labute approximate surface area is 108 Å². The molecule has 0 unspecified atom stereocenters. The molecule has 1 aliphatic carbocycles. The van der Waals surface area contributed by atoms with Crippen LogP contribution in [0.15, 0.2) is 24.3 Å². The highest BCUT2D eigenvalue weighted by atomic mass is 16.5. The summed E-state index contributed by atoms with van der Waals surface area (Å²) in [4.78, 5) is 13.8. The van der Waals surface area contributed by atoms with Gasteiger partial charge in [0.25, 0.3) is 5.91 Å². The lowest BCUT2D eigenvalue weighted by molar-refractivity contribution is -0.134. The van der Waals surface area contributed by atoms with Crippen LogP contribution in [0.3, 0.4) is 0 Å². The second kappa shape index (κ2) is 5.76. The highest BCUT2D eigenvalue weighted by Crippen LogP contribution is 2.23. The second-order valence-corrected chi connectivity index (χ2v) is 4.77. The van der Waals surface area contributed by atoms with Crippen LogP contribution in [0.25, 0.3) is 0 Å². The van der Waals surface area contributed by atoms with Gasteiger partial charge in [0.1, 0.15) is 5.75 Å². The van der Waals surface area contributed by atoms with Crippen LogP contribution in [-0.2, 0) is 4.79 Å². The molecule has 1 aromatic carbocycles. The van der Waals surface area contributed by atoms with Crippen LogP contribution < -0.4 is 10.5 Å². The van der Waals surface area contributed by atoms with Crippen molar-refractivity contribution in [1.82, 2.24) is 4.90 Å². The van der Waals surface area contributed by atoms with Gasteiger partial charge in [0.15, 0.2) is 6.61 Å².